The second kappa shape index (κ2) is 11.4. The maximum absolute atomic E-state index is 13.3. The van der Waals surface area contributed by atoms with Crippen LogP contribution in [-0.4, -0.2) is 66.0 Å². The quantitative estimate of drug-likeness (QED) is 0.344. The summed E-state index contributed by atoms with van der Waals surface area (Å²) in [4.78, 5) is 23.8. The summed E-state index contributed by atoms with van der Waals surface area (Å²) in [5.74, 6) is 0.190. The van der Waals surface area contributed by atoms with E-state index in [0.29, 0.717) is 28.1 Å². The molecule has 1 fully saturated rings. The molecule has 0 unspecified atom stereocenters. The molecular formula is C28H28F2N6O4S. The highest BCUT2D eigenvalue weighted by atomic mass is 32.2. The van der Waals surface area contributed by atoms with Crippen molar-refractivity contribution in [1.29, 1.82) is 0 Å². The second-order valence-corrected chi connectivity index (χ2v) is 12.0. The van der Waals surface area contributed by atoms with Crippen molar-refractivity contribution in [2.24, 2.45) is 0 Å². The van der Waals surface area contributed by atoms with E-state index in [1.807, 2.05) is 38.1 Å². The molecule has 5 rings (SSSR count). The minimum absolute atomic E-state index is 0.0420. The van der Waals surface area contributed by atoms with E-state index in [1.54, 1.807) is 12.1 Å². The smallest absolute Gasteiger partial charge is 0.265 e. The summed E-state index contributed by atoms with van der Waals surface area (Å²) < 4.78 is 56.3. The van der Waals surface area contributed by atoms with Crippen molar-refractivity contribution in [3.8, 4) is 11.4 Å². The van der Waals surface area contributed by atoms with Crippen molar-refractivity contribution in [3.63, 3.8) is 0 Å². The molecule has 3 aromatic heterocycles. The molecular weight excluding hydrogens is 554 g/mol. The zero-order chi connectivity index (χ0) is 29.3. The Morgan fingerprint density at radius 2 is 1.73 bits per heavy atom. The Labute approximate surface area is 235 Å². The summed E-state index contributed by atoms with van der Waals surface area (Å²) >= 11 is 0. The van der Waals surface area contributed by atoms with Crippen LogP contribution in [0.25, 0.3) is 22.4 Å². The van der Waals surface area contributed by atoms with Gasteiger partial charge in [-0.1, -0.05) is 12.1 Å². The number of alkyl halides is 2. The second-order valence-electron chi connectivity index (χ2n) is 9.99. The SMILES string of the molecule is C[C@@H]1CN(c2cccc(-c3ccc4nnc(CNC(=O)c5ccc(C(F)F)c(S(C)(=O)=O)c5)cc4n3)n2)C[C@H](C)O1. The number of carbonyl (C=O) groups is 1. The number of rotatable bonds is 7. The van der Waals surface area contributed by atoms with Crippen LogP contribution in [-0.2, 0) is 21.1 Å². The third-order valence-electron chi connectivity index (χ3n) is 6.57. The van der Waals surface area contributed by atoms with Crippen LogP contribution < -0.4 is 10.2 Å². The fraction of sp³-hybridized carbons (Fsp3) is 0.321. The molecule has 1 amide bonds. The number of hydrogen-bond donors (Lipinski definition) is 1. The Hall–Kier alpha value is -4.10. The highest BCUT2D eigenvalue weighted by Gasteiger charge is 2.24. The van der Waals surface area contributed by atoms with Gasteiger partial charge < -0.3 is 15.0 Å². The van der Waals surface area contributed by atoms with Crippen LogP contribution in [0.4, 0.5) is 14.6 Å². The van der Waals surface area contributed by atoms with Crippen LogP contribution in [0, 0.1) is 0 Å². The normalized spacial score (nSPS) is 17.7. The molecule has 1 aliphatic rings. The molecule has 4 aromatic rings. The Kier molecular flexibility index (Phi) is 7.91. The highest BCUT2D eigenvalue weighted by Crippen LogP contribution is 2.28. The van der Waals surface area contributed by atoms with Gasteiger partial charge in [-0.2, -0.15) is 5.10 Å². The maximum Gasteiger partial charge on any atom is 0.265 e. The third kappa shape index (κ3) is 6.46. The number of nitrogens with one attached hydrogen (secondary N) is 1. The molecule has 13 heteroatoms. The molecule has 0 bridgehead atoms. The van der Waals surface area contributed by atoms with Gasteiger partial charge in [-0.3, -0.25) is 4.79 Å². The average Bonchev–Trinajstić information content (AvgIpc) is 2.94. The molecule has 1 aliphatic heterocycles. The number of anilines is 1. The highest BCUT2D eigenvalue weighted by molar-refractivity contribution is 7.90. The van der Waals surface area contributed by atoms with E-state index < -0.39 is 32.6 Å². The fourth-order valence-electron chi connectivity index (χ4n) is 4.75. The molecule has 2 atom stereocenters. The van der Waals surface area contributed by atoms with Crippen LogP contribution >= 0.6 is 0 Å². The van der Waals surface area contributed by atoms with E-state index in [2.05, 4.69) is 20.4 Å². The molecule has 4 heterocycles. The Morgan fingerprint density at radius 1 is 1.00 bits per heavy atom. The van der Waals surface area contributed by atoms with E-state index in [4.69, 9.17) is 14.7 Å². The van der Waals surface area contributed by atoms with Crippen molar-refractivity contribution in [3.05, 3.63) is 71.4 Å². The Bertz CT molecular complexity index is 1710. The fourth-order valence-corrected chi connectivity index (χ4v) is 5.68. The van der Waals surface area contributed by atoms with Gasteiger partial charge in [0.25, 0.3) is 12.3 Å². The number of pyridine rings is 2. The molecule has 1 N–H and O–H groups in total. The largest absolute Gasteiger partial charge is 0.372 e. The minimum Gasteiger partial charge on any atom is -0.372 e. The molecule has 10 nitrogen and oxygen atoms in total. The van der Waals surface area contributed by atoms with Crippen LogP contribution in [0.3, 0.4) is 0 Å². The van der Waals surface area contributed by atoms with Gasteiger partial charge in [0.15, 0.2) is 9.84 Å². The molecule has 41 heavy (non-hydrogen) atoms. The number of aromatic nitrogens is 4. The van der Waals surface area contributed by atoms with E-state index in [1.165, 1.54) is 0 Å². The number of nitrogens with zero attached hydrogens (tertiary/aromatic N) is 5. The van der Waals surface area contributed by atoms with Crippen molar-refractivity contribution >= 4 is 32.6 Å². The first-order valence-corrected chi connectivity index (χ1v) is 14.8. The molecule has 0 saturated carbocycles. The van der Waals surface area contributed by atoms with E-state index in [-0.39, 0.29) is 24.3 Å². The number of ether oxygens (including phenoxy) is 1. The zero-order valence-corrected chi connectivity index (χ0v) is 23.4. The van der Waals surface area contributed by atoms with Gasteiger partial charge in [0.05, 0.1) is 46.2 Å². The van der Waals surface area contributed by atoms with Crippen molar-refractivity contribution < 1.29 is 26.7 Å². The minimum atomic E-state index is -3.97. The lowest BCUT2D eigenvalue weighted by atomic mass is 10.1. The predicted molar refractivity (Wildman–Crippen MR) is 148 cm³/mol. The van der Waals surface area contributed by atoms with E-state index in [9.17, 15) is 22.0 Å². The Balaban J connectivity index is 1.34. The summed E-state index contributed by atoms with van der Waals surface area (Å²) in [5.41, 5.74) is 2.11. The monoisotopic (exact) mass is 582 g/mol. The first-order valence-electron chi connectivity index (χ1n) is 12.9. The lowest BCUT2D eigenvalue weighted by molar-refractivity contribution is -0.00545. The van der Waals surface area contributed by atoms with E-state index >= 15 is 0 Å². The topological polar surface area (TPSA) is 127 Å². The summed E-state index contributed by atoms with van der Waals surface area (Å²) in [6.45, 7) is 5.51. The van der Waals surface area contributed by atoms with Crippen LogP contribution in [0.1, 0.15) is 41.9 Å². The molecule has 1 saturated heterocycles. The van der Waals surface area contributed by atoms with E-state index in [0.717, 1.165) is 43.4 Å². The first-order chi connectivity index (χ1) is 19.5. The summed E-state index contributed by atoms with van der Waals surface area (Å²) in [7, 11) is -3.97. The molecule has 0 radical (unpaired) electrons. The lowest BCUT2D eigenvalue weighted by Crippen LogP contribution is -2.45. The van der Waals surface area contributed by atoms with Gasteiger partial charge >= 0.3 is 0 Å². The summed E-state index contributed by atoms with van der Waals surface area (Å²) in [6, 6.07) is 14.1. The summed E-state index contributed by atoms with van der Waals surface area (Å²) in [6.07, 6.45) is -1.98. The standard InChI is InChI=1S/C28H28F2N6O4S/c1-16-14-36(15-17(2)40-16)26-6-4-5-21(33-26)22-9-10-23-24(32-22)12-19(34-35-23)13-31-28(37)18-7-8-20(27(29)30)25(11-18)41(3,38)39/h4-12,16-17,27H,13-15H2,1-3H3,(H,31,37)/t16-,17+. The zero-order valence-electron chi connectivity index (χ0n) is 22.6. The first kappa shape index (κ1) is 28.4. The number of halogens is 2. The number of benzene rings is 1. The van der Waals surface area contributed by atoms with Gasteiger partial charge in [0.2, 0.25) is 0 Å². The summed E-state index contributed by atoms with van der Waals surface area (Å²) in [5, 5.41) is 10.9. The number of fused-ring (bicyclic) bond motifs is 1. The van der Waals surface area contributed by atoms with Gasteiger partial charge in [-0.05, 0) is 56.3 Å². The van der Waals surface area contributed by atoms with Crippen LogP contribution in [0.2, 0.25) is 0 Å². The van der Waals surface area contributed by atoms with Gasteiger partial charge in [0.1, 0.15) is 11.3 Å². The lowest BCUT2D eigenvalue weighted by Gasteiger charge is -2.36. The van der Waals surface area contributed by atoms with Crippen LogP contribution in [0.5, 0.6) is 0 Å². The number of amides is 1. The molecule has 0 aliphatic carbocycles. The predicted octanol–water partition coefficient (Wildman–Crippen LogP) is 3.97. The van der Waals surface area contributed by atoms with Gasteiger partial charge in [-0.15, -0.1) is 5.10 Å². The van der Waals surface area contributed by atoms with Gasteiger partial charge in [0, 0.05) is 30.5 Å². The average molecular weight is 583 g/mol. The molecule has 0 spiro atoms. The number of morpholine rings is 1. The number of sulfone groups is 1. The van der Waals surface area contributed by atoms with Crippen molar-refractivity contribution in [2.45, 2.75) is 43.9 Å². The number of carbonyl (C=O) groups excluding carboxylic acids is 1. The molecule has 214 valence electrons. The third-order valence-corrected chi connectivity index (χ3v) is 7.73. The van der Waals surface area contributed by atoms with Gasteiger partial charge in [-0.25, -0.2) is 27.2 Å². The maximum atomic E-state index is 13.3. The Morgan fingerprint density at radius 3 is 2.44 bits per heavy atom. The number of hydrogen-bond acceptors (Lipinski definition) is 9. The van der Waals surface area contributed by atoms with Crippen molar-refractivity contribution in [2.75, 3.05) is 24.2 Å². The van der Waals surface area contributed by atoms with Crippen molar-refractivity contribution in [1.82, 2.24) is 25.5 Å². The molecule has 1 aromatic carbocycles. The van der Waals surface area contributed by atoms with Crippen LogP contribution in [0.15, 0.2) is 59.5 Å².